The van der Waals surface area contributed by atoms with Crippen LogP contribution in [0.15, 0.2) is 4.52 Å². The van der Waals surface area contributed by atoms with Gasteiger partial charge in [0.05, 0.1) is 5.41 Å². The summed E-state index contributed by atoms with van der Waals surface area (Å²) >= 11 is 0. The number of piperidine rings is 1. The first-order valence-electron chi connectivity index (χ1n) is 8.29. The van der Waals surface area contributed by atoms with E-state index in [0.717, 1.165) is 37.9 Å². The molecule has 5 nitrogen and oxygen atoms in total. The smallest absolute Gasteiger partial charge is 0.235 e. The SMILES string of the molecule is CCN1CC[C@H]2CN(CC(C)C)C[C@@]2(c2nc(C)no2)C1. The van der Waals surface area contributed by atoms with E-state index < -0.39 is 0 Å². The van der Waals surface area contributed by atoms with E-state index in [2.05, 4.69) is 40.7 Å². The van der Waals surface area contributed by atoms with Crippen LogP contribution in [-0.2, 0) is 5.41 Å². The molecule has 1 aromatic rings. The van der Waals surface area contributed by atoms with E-state index in [1.807, 2.05) is 6.92 Å². The van der Waals surface area contributed by atoms with E-state index in [1.165, 1.54) is 19.5 Å². The standard InChI is InChI=1S/C16H28N4O/c1-5-19-7-6-14-9-20(8-12(2)3)11-16(14,10-19)15-17-13(4)18-21-15/h12,14H,5-11H2,1-4H3/t14-,16-/m0/s1. The van der Waals surface area contributed by atoms with Gasteiger partial charge in [0.2, 0.25) is 5.89 Å². The van der Waals surface area contributed by atoms with E-state index in [9.17, 15) is 0 Å². The van der Waals surface area contributed by atoms with Crippen LogP contribution in [0.5, 0.6) is 0 Å². The maximum absolute atomic E-state index is 5.64. The Hall–Kier alpha value is -0.940. The second-order valence-electron chi connectivity index (χ2n) is 7.25. The van der Waals surface area contributed by atoms with Crippen molar-refractivity contribution < 1.29 is 4.52 Å². The first kappa shape index (κ1) is 15.0. The van der Waals surface area contributed by atoms with E-state index in [1.54, 1.807) is 0 Å². The molecule has 0 spiro atoms. The van der Waals surface area contributed by atoms with Crippen molar-refractivity contribution in [1.29, 1.82) is 0 Å². The predicted molar refractivity (Wildman–Crippen MR) is 82.2 cm³/mol. The van der Waals surface area contributed by atoms with Crippen LogP contribution >= 0.6 is 0 Å². The van der Waals surface area contributed by atoms with Crippen molar-refractivity contribution in [3.63, 3.8) is 0 Å². The monoisotopic (exact) mass is 292 g/mol. The zero-order valence-electron chi connectivity index (χ0n) is 13.8. The van der Waals surface area contributed by atoms with Gasteiger partial charge in [-0.25, -0.2) is 0 Å². The van der Waals surface area contributed by atoms with Gasteiger partial charge in [0, 0.05) is 26.2 Å². The molecule has 5 heteroatoms. The summed E-state index contributed by atoms with van der Waals surface area (Å²) in [5, 5.41) is 4.06. The van der Waals surface area contributed by atoms with Gasteiger partial charge in [0.25, 0.3) is 0 Å². The molecule has 21 heavy (non-hydrogen) atoms. The summed E-state index contributed by atoms with van der Waals surface area (Å²) < 4.78 is 5.64. The molecular weight excluding hydrogens is 264 g/mol. The summed E-state index contributed by atoms with van der Waals surface area (Å²) in [5.74, 6) is 2.98. The largest absolute Gasteiger partial charge is 0.339 e. The number of rotatable bonds is 4. The molecule has 0 N–H and O–H groups in total. The molecule has 2 aliphatic heterocycles. The second kappa shape index (κ2) is 5.69. The highest BCUT2D eigenvalue weighted by Gasteiger charge is 2.53. The van der Waals surface area contributed by atoms with Crippen LogP contribution in [0.25, 0.3) is 0 Å². The summed E-state index contributed by atoms with van der Waals surface area (Å²) in [6.45, 7) is 15.5. The molecule has 0 bridgehead atoms. The molecule has 2 fully saturated rings. The molecule has 2 saturated heterocycles. The van der Waals surface area contributed by atoms with Gasteiger partial charge in [-0.3, -0.25) is 0 Å². The fourth-order valence-corrected chi connectivity index (χ4v) is 4.18. The lowest BCUT2D eigenvalue weighted by Crippen LogP contribution is -2.51. The van der Waals surface area contributed by atoms with Crippen LogP contribution in [0.4, 0.5) is 0 Å². The predicted octanol–water partition coefficient (Wildman–Crippen LogP) is 1.93. The Bertz CT molecular complexity index is 486. The third-order valence-corrected chi connectivity index (χ3v) is 5.09. The topological polar surface area (TPSA) is 45.4 Å². The normalized spacial score (nSPS) is 31.0. The number of nitrogens with zero attached hydrogens (tertiary/aromatic N) is 4. The number of fused-ring (bicyclic) bond motifs is 1. The molecular formula is C16H28N4O. The fourth-order valence-electron chi connectivity index (χ4n) is 4.18. The first-order chi connectivity index (χ1) is 10.0. The highest BCUT2D eigenvalue weighted by Crippen LogP contribution is 2.44. The van der Waals surface area contributed by atoms with Crippen LogP contribution in [0.1, 0.15) is 38.9 Å². The highest BCUT2D eigenvalue weighted by molar-refractivity contribution is 5.17. The van der Waals surface area contributed by atoms with Crippen LogP contribution in [0.3, 0.4) is 0 Å². The summed E-state index contributed by atoms with van der Waals surface area (Å²) in [5.41, 5.74) is 0.0460. The van der Waals surface area contributed by atoms with Crippen LogP contribution in [-0.4, -0.2) is 59.2 Å². The number of hydrogen-bond donors (Lipinski definition) is 0. The molecule has 2 aliphatic rings. The van der Waals surface area contributed by atoms with Gasteiger partial charge in [-0.1, -0.05) is 25.9 Å². The third kappa shape index (κ3) is 2.73. The summed E-state index contributed by atoms with van der Waals surface area (Å²) in [7, 11) is 0. The third-order valence-electron chi connectivity index (χ3n) is 5.09. The number of likely N-dealkylation sites (N-methyl/N-ethyl adjacent to an activating group) is 1. The van der Waals surface area contributed by atoms with E-state index in [-0.39, 0.29) is 5.41 Å². The second-order valence-corrected chi connectivity index (χ2v) is 7.25. The Balaban J connectivity index is 1.89. The lowest BCUT2D eigenvalue weighted by molar-refractivity contribution is 0.0968. The molecule has 0 saturated carbocycles. The maximum atomic E-state index is 5.64. The lowest BCUT2D eigenvalue weighted by Gasteiger charge is -2.41. The van der Waals surface area contributed by atoms with Gasteiger partial charge in [0.1, 0.15) is 0 Å². The van der Waals surface area contributed by atoms with Crippen molar-refractivity contribution in [2.24, 2.45) is 11.8 Å². The Morgan fingerprint density at radius 1 is 1.33 bits per heavy atom. The average molecular weight is 292 g/mol. The molecule has 0 amide bonds. The highest BCUT2D eigenvalue weighted by atomic mass is 16.5. The average Bonchev–Trinajstić information content (AvgIpc) is 3.01. The Morgan fingerprint density at radius 3 is 2.71 bits per heavy atom. The minimum absolute atomic E-state index is 0.0460. The maximum Gasteiger partial charge on any atom is 0.235 e. The zero-order chi connectivity index (χ0) is 15.0. The molecule has 2 atom stereocenters. The lowest BCUT2D eigenvalue weighted by atomic mass is 9.73. The number of hydrogen-bond acceptors (Lipinski definition) is 5. The molecule has 3 heterocycles. The molecule has 0 aromatic carbocycles. The first-order valence-corrected chi connectivity index (χ1v) is 8.29. The van der Waals surface area contributed by atoms with E-state index in [4.69, 9.17) is 4.52 Å². The van der Waals surface area contributed by atoms with Gasteiger partial charge in [0.15, 0.2) is 5.82 Å². The number of aryl methyl sites for hydroxylation is 1. The van der Waals surface area contributed by atoms with Crippen molar-refractivity contribution >= 4 is 0 Å². The van der Waals surface area contributed by atoms with E-state index in [0.29, 0.717) is 11.8 Å². The van der Waals surface area contributed by atoms with E-state index >= 15 is 0 Å². The summed E-state index contributed by atoms with van der Waals surface area (Å²) in [6.07, 6.45) is 1.24. The van der Waals surface area contributed by atoms with Crippen molar-refractivity contribution in [3.05, 3.63) is 11.7 Å². The molecule has 0 aliphatic carbocycles. The minimum Gasteiger partial charge on any atom is -0.339 e. The zero-order valence-corrected chi connectivity index (χ0v) is 13.8. The van der Waals surface area contributed by atoms with Gasteiger partial charge < -0.3 is 14.3 Å². The van der Waals surface area contributed by atoms with Gasteiger partial charge in [-0.15, -0.1) is 0 Å². The fraction of sp³-hybridized carbons (Fsp3) is 0.875. The van der Waals surface area contributed by atoms with Crippen molar-refractivity contribution in [3.8, 4) is 0 Å². The molecule has 1 aromatic heterocycles. The summed E-state index contributed by atoms with van der Waals surface area (Å²) in [4.78, 5) is 9.76. The molecule has 3 rings (SSSR count). The molecule has 0 unspecified atom stereocenters. The molecule has 0 radical (unpaired) electrons. The van der Waals surface area contributed by atoms with Crippen LogP contribution in [0, 0.1) is 18.8 Å². The Kier molecular flexibility index (Phi) is 4.06. The molecule has 118 valence electrons. The Morgan fingerprint density at radius 2 is 2.10 bits per heavy atom. The number of likely N-dealkylation sites (tertiary alicyclic amines) is 2. The Labute approximate surface area is 127 Å². The van der Waals surface area contributed by atoms with Crippen molar-refractivity contribution in [2.45, 2.75) is 39.5 Å². The summed E-state index contributed by atoms with van der Waals surface area (Å²) in [6, 6.07) is 0. The quantitative estimate of drug-likeness (QED) is 0.848. The van der Waals surface area contributed by atoms with Crippen molar-refractivity contribution in [2.75, 3.05) is 39.3 Å². The van der Waals surface area contributed by atoms with Gasteiger partial charge in [-0.2, -0.15) is 4.98 Å². The number of aromatic nitrogens is 2. The van der Waals surface area contributed by atoms with Crippen LogP contribution < -0.4 is 0 Å². The van der Waals surface area contributed by atoms with Gasteiger partial charge in [-0.05, 0) is 38.3 Å². The van der Waals surface area contributed by atoms with Gasteiger partial charge >= 0.3 is 0 Å². The van der Waals surface area contributed by atoms with Crippen molar-refractivity contribution in [1.82, 2.24) is 19.9 Å². The van der Waals surface area contributed by atoms with Crippen LogP contribution in [0.2, 0.25) is 0 Å². The minimum atomic E-state index is 0.0460.